The number of carboxylic acid groups (broad SMARTS) is 1. The molecule has 0 aromatic heterocycles. The third-order valence-electron chi connectivity index (χ3n) is 5.83. The van der Waals surface area contributed by atoms with Gasteiger partial charge in [0.05, 0.1) is 24.3 Å². The Bertz CT molecular complexity index is 916. The van der Waals surface area contributed by atoms with Gasteiger partial charge in [-0.25, -0.2) is 9.59 Å². The fourth-order valence-corrected chi connectivity index (χ4v) is 4.47. The number of hydrogen-bond donors (Lipinski definition) is 1. The molecule has 0 aliphatic carbocycles. The molecule has 4 rings (SSSR count). The second-order valence-corrected chi connectivity index (χ2v) is 7.57. The van der Waals surface area contributed by atoms with E-state index in [1.165, 1.54) is 4.90 Å². The lowest BCUT2D eigenvalue weighted by Gasteiger charge is -2.25. The van der Waals surface area contributed by atoms with E-state index in [0.717, 1.165) is 5.56 Å². The van der Waals surface area contributed by atoms with E-state index >= 15 is 0 Å². The van der Waals surface area contributed by atoms with Crippen LogP contribution in [0.2, 0.25) is 0 Å². The molecule has 2 fully saturated rings. The first-order valence-corrected chi connectivity index (χ1v) is 10.0. The van der Waals surface area contributed by atoms with E-state index in [1.54, 1.807) is 30.3 Å². The van der Waals surface area contributed by atoms with Crippen LogP contribution in [0.1, 0.15) is 28.8 Å². The number of hydrogen-bond acceptors (Lipinski definition) is 5. The lowest BCUT2D eigenvalue weighted by atomic mass is 9.86. The molecule has 2 aliphatic heterocycles. The number of nitrogens with zero attached hydrogens (tertiary/aromatic N) is 1. The molecule has 0 radical (unpaired) electrons. The zero-order valence-corrected chi connectivity index (χ0v) is 16.3. The smallest absolute Gasteiger partial charge is 0.410 e. The summed E-state index contributed by atoms with van der Waals surface area (Å²) < 4.78 is 11.0. The molecule has 1 amide bonds. The van der Waals surface area contributed by atoms with Crippen molar-refractivity contribution in [3.05, 3.63) is 71.8 Å². The van der Waals surface area contributed by atoms with Crippen molar-refractivity contribution in [3.63, 3.8) is 0 Å². The van der Waals surface area contributed by atoms with Gasteiger partial charge in [-0.3, -0.25) is 9.69 Å². The van der Waals surface area contributed by atoms with Gasteiger partial charge in [0.25, 0.3) is 0 Å². The van der Waals surface area contributed by atoms with E-state index in [1.807, 2.05) is 30.3 Å². The van der Waals surface area contributed by atoms with E-state index in [2.05, 4.69) is 0 Å². The second-order valence-electron chi connectivity index (χ2n) is 7.57. The Hall–Kier alpha value is -3.35. The van der Waals surface area contributed by atoms with Crippen molar-refractivity contribution >= 4 is 18.0 Å². The average molecular weight is 409 g/mol. The van der Waals surface area contributed by atoms with Crippen molar-refractivity contribution in [2.45, 2.75) is 37.5 Å². The van der Waals surface area contributed by atoms with Gasteiger partial charge in [0.2, 0.25) is 0 Å². The van der Waals surface area contributed by atoms with Crippen LogP contribution in [-0.4, -0.2) is 52.8 Å². The molecule has 2 heterocycles. The summed E-state index contributed by atoms with van der Waals surface area (Å²) in [4.78, 5) is 38.6. The molecular formula is C23H23NO6. The first-order valence-electron chi connectivity index (χ1n) is 10.0. The van der Waals surface area contributed by atoms with Crippen molar-refractivity contribution in [1.29, 1.82) is 0 Å². The normalized spacial score (nSPS) is 24.5. The van der Waals surface area contributed by atoms with Crippen LogP contribution in [-0.2, 0) is 20.7 Å². The van der Waals surface area contributed by atoms with Crippen molar-refractivity contribution in [3.8, 4) is 0 Å². The number of fused-ring (bicyclic) bond motifs is 2. The number of carbonyl (C=O) groups excluding carboxylic acids is 2. The lowest BCUT2D eigenvalue weighted by molar-refractivity contribution is -0.146. The van der Waals surface area contributed by atoms with Crippen LogP contribution >= 0.6 is 0 Å². The fourth-order valence-electron chi connectivity index (χ4n) is 4.47. The monoisotopic (exact) mass is 409 g/mol. The summed E-state index contributed by atoms with van der Waals surface area (Å²) in [6.45, 7) is 0.199. The van der Waals surface area contributed by atoms with Gasteiger partial charge in [0.15, 0.2) is 0 Å². The molecule has 30 heavy (non-hydrogen) atoms. The summed E-state index contributed by atoms with van der Waals surface area (Å²) in [5, 5.41) is 9.74. The van der Waals surface area contributed by atoms with Gasteiger partial charge in [-0.2, -0.15) is 0 Å². The van der Waals surface area contributed by atoms with Gasteiger partial charge in [0, 0.05) is 6.42 Å². The number of aliphatic carboxylic acids is 1. The third-order valence-corrected chi connectivity index (χ3v) is 5.83. The average Bonchev–Trinajstić information content (AvgIpc) is 3.31. The predicted molar refractivity (Wildman–Crippen MR) is 107 cm³/mol. The van der Waals surface area contributed by atoms with Crippen LogP contribution in [0.5, 0.6) is 0 Å². The highest BCUT2D eigenvalue weighted by Gasteiger charge is 2.60. The highest BCUT2D eigenvalue weighted by Crippen LogP contribution is 2.44. The number of amides is 1. The standard InChI is InChI=1S/C23H23NO6/c25-21(26)19-17-11-12-18(20(19)30-22(27)16-9-5-2-6-10-16)24(17)23(28)29-14-13-15-7-3-1-4-8-15/h1-10,17-20H,11-14H2,(H,25,26)/t17-,18-,19-,20-/m1/s1. The van der Waals surface area contributed by atoms with Gasteiger partial charge in [0.1, 0.15) is 12.0 Å². The minimum Gasteiger partial charge on any atom is -0.481 e. The number of rotatable bonds is 6. The molecule has 4 atom stereocenters. The maximum absolute atomic E-state index is 12.7. The molecule has 7 nitrogen and oxygen atoms in total. The maximum atomic E-state index is 12.7. The Kier molecular flexibility index (Phi) is 5.70. The molecule has 2 aromatic carbocycles. The van der Waals surface area contributed by atoms with E-state index in [-0.39, 0.29) is 6.61 Å². The van der Waals surface area contributed by atoms with Gasteiger partial charge >= 0.3 is 18.0 Å². The number of carbonyl (C=O) groups is 3. The zero-order valence-electron chi connectivity index (χ0n) is 16.3. The molecule has 2 bridgehead atoms. The van der Waals surface area contributed by atoms with Crippen molar-refractivity contribution in [1.82, 2.24) is 4.90 Å². The van der Waals surface area contributed by atoms with Gasteiger partial charge in [-0.15, -0.1) is 0 Å². The molecule has 2 aromatic rings. The van der Waals surface area contributed by atoms with Crippen molar-refractivity contribution in [2.24, 2.45) is 5.92 Å². The largest absolute Gasteiger partial charge is 0.481 e. The molecule has 2 aliphatic rings. The summed E-state index contributed by atoms with van der Waals surface area (Å²) in [6.07, 6.45) is 0.257. The van der Waals surface area contributed by atoms with Crippen LogP contribution < -0.4 is 0 Å². The Balaban J connectivity index is 1.43. The maximum Gasteiger partial charge on any atom is 0.410 e. The molecule has 0 unspecified atom stereocenters. The molecule has 1 N–H and O–H groups in total. The number of benzene rings is 2. The number of ether oxygens (including phenoxy) is 2. The van der Waals surface area contributed by atoms with Crippen LogP contribution in [0.15, 0.2) is 60.7 Å². The molecule has 7 heteroatoms. The first kappa shape index (κ1) is 19.9. The SMILES string of the molecule is O=C(O[C@H]1[C@H](C(=O)O)[C@H]2CC[C@H]1N2C(=O)OCCc1ccccc1)c1ccccc1. The van der Waals surface area contributed by atoms with Crippen molar-refractivity contribution in [2.75, 3.05) is 6.61 Å². The highest BCUT2D eigenvalue weighted by molar-refractivity contribution is 5.90. The van der Waals surface area contributed by atoms with Gasteiger partial charge < -0.3 is 14.6 Å². The van der Waals surface area contributed by atoms with Crippen molar-refractivity contribution < 1.29 is 29.0 Å². The quantitative estimate of drug-likeness (QED) is 0.737. The fraction of sp³-hybridized carbons (Fsp3) is 0.348. The zero-order chi connectivity index (χ0) is 21.1. The Morgan fingerprint density at radius 2 is 1.57 bits per heavy atom. The van der Waals surface area contributed by atoms with E-state index in [0.29, 0.717) is 24.8 Å². The molecule has 0 spiro atoms. The van der Waals surface area contributed by atoms with E-state index in [9.17, 15) is 19.5 Å². The summed E-state index contributed by atoms with van der Waals surface area (Å²) >= 11 is 0. The van der Waals surface area contributed by atoms with Crippen LogP contribution in [0.4, 0.5) is 4.79 Å². The summed E-state index contributed by atoms with van der Waals surface area (Å²) in [6, 6.07) is 17.1. The molecule has 2 saturated heterocycles. The van der Waals surface area contributed by atoms with Crippen LogP contribution in [0, 0.1) is 5.92 Å². The first-order chi connectivity index (χ1) is 14.6. The van der Waals surface area contributed by atoms with E-state index in [4.69, 9.17) is 9.47 Å². The molecular weight excluding hydrogens is 386 g/mol. The number of carboxylic acids is 1. The molecule has 0 saturated carbocycles. The minimum absolute atomic E-state index is 0.199. The predicted octanol–water partition coefficient (Wildman–Crippen LogP) is 3.14. The Labute approximate surface area is 174 Å². The Morgan fingerprint density at radius 3 is 2.23 bits per heavy atom. The highest BCUT2D eigenvalue weighted by atomic mass is 16.6. The number of esters is 1. The summed E-state index contributed by atoms with van der Waals surface area (Å²) in [7, 11) is 0. The minimum atomic E-state index is -1.07. The van der Waals surface area contributed by atoms with E-state index < -0.39 is 42.1 Å². The summed E-state index contributed by atoms with van der Waals surface area (Å²) in [5.41, 5.74) is 1.40. The summed E-state index contributed by atoms with van der Waals surface area (Å²) in [5.74, 6) is -2.62. The lowest BCUT2D eigenvalue weighted by Crippen LogP contribution is -2.41. The molecule has 156 valence electrons. The van der Waals surface area contributed by atoms with Gasteiger partial charge in [-0.1, -0.05) is 48.5 Å². The Morgan fingerprint density at radius 1 is 0.933 bits per heavy atom. The second kappa shape index (κ2) is 8.57. The van der Waals surface area contributed by atoms with Crippen LogP contribution in [0.25, 0.3) is 0 Å². The van der Waals surface area contributed by atoms with Gasteiger partial charge in [-0.05, 0) is 30.5 Å². The topological polar surface area (TPSA) is 93.1 Å². The third kappa shape index (κ3) is 3.87. The van der Waals surface area contributed by atoms with Crippen LogP contribution in [0.3, 0.4) is 0 Å².